The van der Waals surface area contributed by atoms with Crippen LogP contribution in [0.4, 0.5) is 11.4 Å². The molecule has 2 aliphatic carbocycles. The molecule has 11 heteroatoms. The molecule has 1 saturated carbocycles. The van der Waals surface area contributed by atoms with Gasteiger partial charge in [-0.25, -0.2) is 0 Å². The van der Waals surface area contributed by atoms with Crippen LogP contribution in [-0.4, -0.2) is 61.2 Å². The van der Waals surface area contributed by atoms with Crippen molar-refractivity contribution in [2.45, 2.75) is 31.1 Å². The van der Waals surface area contributed by atoms with Gasteiger partial charge in [0.1, 0.15) is 23.9 Å². The maximum Gasteiger partial charge on any atom is 0.260 e. The van der Waals surface area contributed by atoms with Gasteiger partial charge >= 0.3 is 0 Å². The highest BCUT2D eigenvalue weighted by Gasteiger charge is 2.70. The van der Waals surface area contributed by atoms with E-state index in [1.54, 1.807) is 38.5 Å². The molecule has 314 valence electrons. The molecule has 9 rings (SSSR count). The summed E-state index contributed by atoms with van der Waals surface area (Å²) in [4.78, 5) is 61.0. The standard InChI is InChI=1S/C51H47N3O8/c1-31-9-17-36(18-10-31)52-54-48(57)43-30-42-40(46(33-15-21-38(22-16-33)62-28-27-55)51(43,50(54)59)35-7-5-4-6-8-35)24-25-41-45(42)49(58)53(47(41)56)37-19-12-32(13-20-37)11-14-34-29-39(60-2)23-26-44(34)61-3/h4-24,26,29,41-43,45-46,52,55H,25,27-28,30H2,1-3H3. The van der Waals surface area contributed by atoms with E-state index >= 15 is 4.79 Å². The number of aryl methyl sites for hydroxylation is 1. The van der Waals surface area contributed by atoms with Crippen molar-refractivity contribution in [2.75, 3.05) is 37.8 Å². The highest BCUT2D eigenvalue weighted by atomic mass is 16.5. The van der Waals surface area contributed by atoms with E-state index in [1.807, 2.05) is 116 Å². The fourth-order valence-electron chi connectivity index (χ4n) is 10.2. The number of anilines is 2. The number of nitrogens with one attached hydrogen (secondary N) is 1. The van der Waals surface area contributed by atoms with Crippen LogP contribution in [0.1, 0.15) is 46.6 Å². The monoisotopic (exact) mass is 829 g/mol. The van der Waals surface area contributed by atoms with E-state index < -0.39 is 40.9 Å². The van der Waals surface area contributed by atoms with Crippen LogP contribution in [0.2, 0.25) is 0 Å². The SMILES string of the molecule is COc1ccc(OC)c(C=Cc2ccc(N3C(=O)C4CC=C5C(CC6C(=O)N(Nc7ccc(C)cc7)C(=O)C6(c6ccccc6)C5c5ccc(OCCO)cc5)C4C3=O)cc2)c1. The molecule has 5 aromatic rings. The molecule has 2 heterocycles. The van der Waals surface area contributed by atoms with Crippen LogP contribution in [-0.2, 0) is 24.6 Å². The van der Waals surface area contributed by atoms with Gasteiger partial charge in [-0.05, 0) is 97.0 Å². The minimum absolute atomic E-state index is 0.117. The second-order valence-corrected chi connectivity index (χ2v) is 16.3. The molecule has 2 aliphatic heterocycles. The molecule has 0 radical (unpaired) electrons. The lowest BCUT2D eigenvalue weighted by Crippen LogP contribution is -2.53. The van der Waals surface area contributed by atoms with E-state index in [1.165, 1.54) is 4.90 Å². The first-order valence-corrected chi connectivity index (χ1v) is 20.9. The summed E-state index contributed by atoms with van der Waals surface area (Å²) < 4.78 is 16.6. The van der Waals surface area contributed by atoms with Crippen molar-refractivity contribution in [1.29, 1.82) is 0 Å². The van der Waals surface area contributed by atoms with Crippen molar-refractivity contribution in [3.63, 3.8) is 0 Å². The number of fused-ring (bicyclic) bond motifs is 4. The van der Waals surface area contributed by atoms with E-state index in [0.29, 0.717) is 40.6 Å². The summed E-state index contributed by atoms with van der Waals surface area (Å²) in [6.45, 7) is 1.94. The minimum atomic E-state index is -1.39. The van der Waals surface area contributed by atoms with Crippen molar-refractivity contribution >= 4 is 47.2 Å². The molecule has 2 N–H and O–H groups in total. The van der Waals surface area contributed by atoms with Gasteiger partial charge in [-0.2, -0.15) is 5.01 Å². The van der Waals surface area contributed by atoms with Crippen LogP contribution >= 0.6 is 0 Å². The third-order valence-electron chi connectivity index (χ3n) is 13.0. The van der Waals surface area contributed by atoms with Gasteiger partial charge in [-0.15, -0.1) is 0 Å². The highest BCUT2D eigenvalue weighted by Crippen LogP contribution is 2.64. The lowest BCUT2D eigenvalue weighted by Gasteiger charge is -2.50. The lowest BCUT2D eigenvalue weighted by molar-refractivity contribution is -0.138. The van der Waals surface area contributed by atoms with Crippen LogP contribution in [0.5, 0.6) is 17.2 Å². The van der Waals surface area contributed by atoms with Crippen molar-refractivity contribution < 1.29 is 38.5 Å². The van der Waals surface area contributed by atoms with Gasteiger partial charge in [-0.1, -0.05) is 96.1 Å². The van der Waals surface area contributed by atoms with E-state index in [2.05, 4.69) is 11.5 Å². The summed E-state index contributed by atoms with van der Waals surface area (Å²) in [5.41, 5.74) is 7.87. The van der Waals surface area contributed by atoms with Crippen molar-refractivity contribution in [2.24, 2.45) is 23.7 Å². The van der Waals surface area contributed by atoms with Crippen LogP contribution in [0.3, 0.4) is 0 Å². The topological polar surface area (TPSA) is 135 Å². The molecule has 11 nitrogen and oxygen atoms in total. The average Bonchev–Trinajstić information content (AvgIpc) is 3.69. The predicted molar refractivity (Wildman–Crippen MR) is 235 cm³/mol. The summed E-state index contributed by atoms with van der Waals surface area (Å²) in [6, 6.07) is 37.2. The number of hydrogen-bond donors (Lipinski definition) is 2. The Morgan fingerprint density at radius 1 is 0.774 bits per heavy atom. The molecule has 0 bridgehead atoms. The third kappa shape index (κ3) is 6.73. The zero-order valence-electron chi connectivity index (χ0n) is 34.7. The molecule has 4 amide bonds. The number of rotatable bonds is 12. The Hall–Kier alpha value is -6.98. The van der Waals surface area contributed by atoms with Gasteiger partial charge in [0.2, 0.25) is 11.8 Å². The summed E-state index contributed by atoms with van der Waals surface area (Å²) in [7, 11) is 3.22. The second kappa shape index (κ2) is 16.5. The number of carbonyl (C=O) groups is 4. The summed E-state index contributed by atoms with van der Waals surface area (Å²) in [6.07, 6.45) is 6.39. The molecule has 6 unspecified atom stereocenters. The van der Waals surface area contributed by atoms with Gasteiger partial charge in [0.25, 0.3) is 11.8 Å². The lowest BCUT2D eigenvalue weighted by atomic mass is 9.49. The maximum atomic E-state index is 15.4. The number of hydrazine groups is 1. The van der Waals surface area contributed by atoms with Gasteiger partial charge in [-0.3, -0.25) is 29.5 Å². The van der Waals surface area contributed by atoms with E-state index in [0.717, 1.165) is 32.8 Å². The Morgan fingerprint density at radius 2 is 1.50 bits per heavy atom. The van der Waals surface area contributed by atoms with Gasteiger partial charge in [0, 0.05) is 11.5 Å². The number of methoxy groups -OCH3 is 2. The molecule has 0 spiro atoms. The number of hydrogen-bond acceptors (Lipinski definition) is 9. The number of carbonyl (C=O) groups excluding carboxylic acids is 4. The number of allylic oxidation sites excluding steroid dienone is 2. The first kappa shape index (κ1) is 40.4. The summed E-state index contributed by atoms with van der Waals surface area (Å²) >= 11 is 0. The first-order valence-electron chi connectivity index (χ1n) is 20.9. The van der Waals surface area contributed by atoms with Crippen LogP contribution in [0.15, 0.2) is 133 Å². The maximum absolute atomic E-state index is 15.4. The molecular formula is C51H47N3O8. The zero-order valence-corrected chi connectivity index (χ0v) is 34.7. The molecule has 62 heavy (non-hydrogen) atoms. The van der Waals surface area contributed by atoms with Crippen molar-refractivity contribution in [3.8, 4) is 17.2 Å². The number of amides is 4. The first-order chi connectivity index (χ1) is 30.2. The molecule has 5 aromatic carbocycles. The van der Waals surface area contributed by atoms with E-state index in [4.69, 9.17) is 14.2 Å². The molecule has 6 atom stereocenters. The average molecular weight is 830 g/mol. The Kier molecular flexibility index (Phi) is 10.7. The van der Waals surface area contributed by atoms with Gasteiger partial charge in [0.15, 0.2) is 0 Å². The Balaban J connectivity index is 1.10. The number of aliphatic hydroxyl groups excluding tert-OH is 1. The fraction of sp³-hybridized carbons (Fsp3) is 0.255. The third-order valence-corrected chi connectivity index (χ3v) is 13.0. The predicted octanol–water partition coefficient (Wildman–Crippen LogP) is 7.74. The number of imide groups is 2. The summed E-state index contributed by atoms with van der Waals surface area (Å²) in [5, 5.41) is 10.6. The van der Waals surface area contributed by atoms with Gasteiger partial charge in [0.05, 0.1) is 55.4 Å². The van der Waals surface area contributed by atoms with Crippen molar-refractivity contribution in [1.82, 2.24) is 5.01 Å². The summed E-state index contributed by atoms with van der Waals surface area (Å²) in [5.74, 6) is -2.88. The molecule has 2 saturated heterocycles. The molecule has 0 aromatic heterocycles. The van der Waals surface area contributed by atoms with E-state index in [9.17, 15) is 19.5 Å². The Morgan fingerprint density at radius 3 is 2.19 bits per heavy atom. The molecular weight excluding hydrogens is 783 g/mol. The number of nitrogens with zero attached hydrogens (tertiary/aromatic N) is 2. The van der Waals surface area contributed by atoms with Crippen molar-refractivity contribution in [3.05, 3.63) is 161 Å². The van der Waals surface area contributed by atoms with Crippen LogP contribution < -0.4 is 24.5 Å². The van der Waals surface area contributed by atoms with Crippen LogP contribution in [0, 0.1) is 30.6 Å². The normalized spacial score (nSPS) is 24.1. The smallest absolute Gasteiger partial charge is 0.260 e. The highest BCUT2D eigenvalue weighted by molar-refractivity contribution is 6.22. The quantitative estimate of drug-likeness (QED) is 0.0736. The van der Waals surface area contributed by atoms with Crippen LogP contribution in [0.25, 0.3) is 12.2 Å². The zero-order chi connectivity index (χ0) is 43.1. The molecule has 4 aliphatic rings. The molecule has 3 fully saturated rings. The second-order valence-electron chi connectivity index (χ2n) is 16.3. The Bertz CT molecular complexity index is 2590. The number of ether oxygens (including phenoxy) is 3. The number of aliphatic hydroxyl groups is 1. The minimum Gasteiger partial charge on any atom is -0.497 e. The largest absolute Gasteiger partial charge is 0.497 e. The van der Waals surface area contributed by atoms with Gasteiger partial charge < -0.3 is 19.3 Å². The van der Waals surface area contributed by atoms with E-state index in [-0.39, 0.29) is 37.4 Å². The Labute approximate surface area is 360 Å². The fourth-order valence-corrected chi connectivity index (χ4v) is 10.2. The number of benzene rings is 5.